The lowest BCUT2D eigenvalue weighted by molar-refractivity contribution is -0.139. The molecule has 0 radical (unpaired) electrons. The van der Waals surface area contributed by atoms with Crippen LogP contribution in [0.5, 0.6) is 5.75 Å². The molecule has 2 aromatic rings. The number of hydrogen-bond acceptors (Lipinski definition) is 5. The van der Waals surface area contributed by atoms with Crippen LogP contribution in [0.3, 0.4) is 0 Å². The van der Waals surface area contributed by atoms with E-state index in [2.05, 4.69) is 0 Å². The minimum atomic E-state index is -0.551. The molecule has 2 aromatic carbocycles. The molecule has 2 aliphatic rings. The van der Waals surface area contributed by atoms with Gasteiger partial charge in [0.05, 0.1) is 11.6 Å². The maximum absolute atomic E-state index is 12.6. The van der Waals surface area contributed by atoms with Crippen molar-refractivity contribution in [2.45, 2.75) is 26.2 Å². The molecule has 7 heteroatoms. The number of nitrogens with zero attached hydrogens (tertiary/aromatic N) is 2. The third-order valence-electron chi connectivity index (χ3n) is 5.21. The third-order valence-corrected chi connectivity index (χ3v) is 5.21. The molecule has 0 N–H and O–H groups in total. The SMILES string of the molecule is Cc1cc(OC(=O)[C@H]2CC(=O)N(c3ccccc3)C2)ccc1N1C(=O)CCC1=O. The van der Waals surface area contributed by atoms with Crippen LogP contribution in [0.2, 0.25) is 0 Å². The zero-order valence-electron chi connectivity index (χ0n) is 16.0. The summed E-state index contributed by atoms with van der Waals surface area (Å²) in [6, 6.07) is 14.0. The van der Waals surface area contributed by atoms with Crippen LogP contribution in [-0.4, -0.2) is 30.2 Å². The molecule has 2 saturated heterocycles. The minimum absolute atomic E-state index is 0.0988. The Balaban J connectivity index is 1.45. The molecule has 3 amide bonds. The molecule has 148 valence electrons. The van der Waals surface area contributed by atoms with E-state index < -0.39 is 11.9 Å². The topological polar surface area (TPSA) is 84.0 Å². The van der Waals surface area contributed by atoms with E-state index in [9.17, 15) is 19.2 Å². The van der Waals surface area contributed by atoms with Gasteiger partial charge in [-0.25, -0.2) is 0 Å². The number of benzene rings is 2. The van der Waals surface area contributed by atoms with Crippen LogP contribution in [0.4, 0.5) is 11.4 Å². The van der Waals surface area contributed by atoms with Gasteiger partial charge in [0, 0.05) is 31.5 Å². The first-order valence-corrected chi connectivity index (χ1v) is 9.47. The average molecular weight is 392 g/mol. The van der Waals surface area contributed by atoms with Gasteiger partial charge in [-0.2, -0.15) is 0 Å². The fraction of sp³-hybridized carbons (Fsp3) is 0.273. The van der Waals surface area contributed by atoms with Crippen molar-refractivity contribution in [1.29, 1.82) is 0 Å². The molecule has 0 aromatic heterocycles. The maximum atomic E-state index is 12.6. The molecule has 2 fully saturated rings. The molecular weight excluding hydrogens is 372 g/mol. The summed E-state index contributed by atoms with van der Waals surface area (Å²) < 4.78 is 5.48. The summed E-state index contributed by atoms with van der Waals surface area (Å²) in [6.45, 7) is 2.03. The van der Waals surface area contributed by atoms with Crippen LogP contribution >= 0.6 is 0 Å². The lowest BCUT2D eigenvalue weighted by atomic mass is 10.1. The molecular formula is C22H20N2O5. The molecule has 4 rings (SSSR count). The van der Waals surface area contributed by atoms with Crippen molar-refractivity contribution in [3.8, 4) is 5.75 Å². The number of imide groups is 1. The number of rotatable bonds is 4. The van der Waals surface area contributed by atoms with E-state index in [0.29, 0.717) is 17.0 Å². The lowest BCUT2D eigenvalue weighted by Gasteiger charge is -2.18. The van der Waals surface area contributed by atoms with Gasteiger partial charge in [0.25, 0.3) is 0 Å². The van der Waals surface area contributed by atoms with Crippen LogP contribution in [0.15, 0.2) is 48.5 Å². The van der Waals surface area contributed by atoms with Crippen LogP contribution < -0.4 is 14.5 Å². The van der Waals surface area contributed by atoms with Gasteiger partial charge in [-0.15, -0.1) is 0 Å². The second-order valence-electron chi connectivity index (χ2n) is 7.23. The number of hydrogen-bond donors (Lipinski definition) is 0. The van der Waals surface area contributed by atoms with E-state index in [-0.39, 0.29) is 43.5 Å². The first-order chi connectivity index (χ1) is 13.9. The molecule has 0 aliphatic carbocycles. The van der Waals surface area contributed by atoms with Crippen LogP contribution in [0.25, 0.3) is 0 Å². The number of esters is 1. The molecule has 2 aliphatic heterocycles. The Morgan fingerprint density at radius 2 is 1.66 bits per heavy atom. The average Bonchev–Trinajstić information content (AvgIpc) is 3.25. The van der Waals surface area contributed by atoms with Crippen molar-refractivity contribution in [3.63, 3.8) is 0 Å². The second-order valence-corrected chi connectivity index (χ2v) is 7.23. The number of aryl methyl sites for hydroxylation is 1. The predicted octanol–water partition coefficient (Wildman–Crippen LogP) is 2.61. The number of para-hydroxylation sites is 1. The lowest BCUT2D eigenvalue weighted by Crippen LogP contribution is -2.29. The summed E-state index contributed by atoms with van der Waals surface area (Å²) in [4.78, 5) is 51.5. The third kappa shape index (κ3) is 3.63. The Kier molecular flexibility index (Phi) is 4.88. The van der Waals surface area contributed by atoms with E-state index in [1.807, 2.05) is 30.3 Å². The molecule has 29 heavy (non-hydrogen) atoms. The molecule has 0 bridgehead atoms. The number of amides is 3. The zero-order chi connectivity index (χ0) is 20.5. The predicted molar refractivity (Wildman–Crippen MR) is 105 cm³/mol. The number of carbonyl (C=O) groups excluding carboxylic acids is 4. The molecule has 1 atom stereocenters. The van der Waals surface area contributed by atoms with Gasteiger partial charge in [-0.05, 0) is 42.8 Å². The normalized spacial score (nSPS) is 19.2. The van der Waals surface area contributed by atoms with Gasteiger partial charge in [0.1, 0.15) is 5.75 Å². The quantitative estimate of drug-likeness (QED) is 0.454. The Morgan fingerprint density at radius 1 is 0.966 bits per heavy atom. The van der Waals surface area contributed by atoms with E-state index in [0.717, 1.165) is 5.69 Å². The van der Waals surface area contributed by atoms with E-state index >= 15 is 0 Å². The number of carbonyl (C=O) groups is 4. The van der Waals surface area contributed by atoms with Crippen molar-refractivity contribution in [1.82, 2.24) is 0 Å². The Hall–Kier alpha value is -3.48. The fourth-order valence-electron chi connectivity index (χ4n) is 3.71. The zero-order valence-corrected chi connectivity index (χ0v) is 16.0. The van der Waals surface area contributed by atoms with Crippen LogP contribution in [0, 0.1) is 12.8 Å². The number of anilines is 2. The van der Waals surface area contributed by atoms with E-state index in [4.69, 9.17) is 4.74 Å². The van der Waals surface area contributed by atoms with Gasteiger partial charge >= 0.3 is 5.97 Å². The fourth-order valence-corrected chi connectivity index (χ4v) is 3.71. The number of ether oxygens (including phenoxy) is 1. The monoisotopic (exact) mass is 392 g/mol. The summed E-state index contributed by atoms with van der Waals surface area (Å²) in [5, 5.41) is 0. The van der Waals surface area contributed by atoms with Gasteiger partial charge in [0.2, 0.25) is 17.7 Å². The van der Waals surface area contributed by atoms with Gasteiger partial charge < -0.3 is 9.64 Å². The molecule has 2 heterocycles. The van der Waals surface area contributed by atoms with Crippen molar-refractivity contribution in [2.75, 3.05) is 16.3 Å². The highest BCUT2D eigenvalue weighted by atomic mass is 16.5. The Labute approximate surface area is 167 Å². The van der Waals surface area contributed by atoms with Gasteiger partial charge in [-0.3, -0.25) is 24.1 Å². The second kappa shape index (κ2) is 7.50. The highest BCUT2D eigenvalue weighted by Gasteiger charge is 2.36. The van der Waals surface area contributed by atoms with Crippen molar-refractivity contribution < 1.29 is 23.9 Å². The summed E-state index contributed by atoms with van der Waals surface area (Å²) in [6.07, 6.45) is 0.521. The largest absolute Gasteiger partial charge is 0.426 e. The highest BCUT2D eigenvalue weighted by Crippen LogP contribution is 2.30. The first kappa shape index (κ1) is 18.9. The van der Waals surface area contributed by atoms with Crippen molar-refractivity contribution in [2.24, 2.45) is 5.92 Å². The summed E-state index contributed by atoms with van der Waals surface area (Å²) >= 11 is 0. The molecule has 7 nitrogen and oxygen atoms in total. The summed E-state index contributed by atoms with van der Waals surface area (Å²) in [7, 11) is 0. The molecule has 0 saturated carbocycles. The van der Waals surface area contributed by atoms with Crippen LogP contribution in [-0.2, 0) is 19.2 Å². The first-order valence-electron chi connectivity index (χ1n) is 9.47. The van der Waals surface area contributed by atoms with Crippen molar-refractivity contribution >= 4 is 35.1 Å². The Bertz CT molecular complexity index is 986. The summed E-state index contributed by atoms with van der Waals surface area (Å²) in [5.74, 6) is -1.28. The highest BCUT2D eigenvalue weighted by molar-refractivity contribution is 6.20. The van der Waals surface area contributed by atoms with Crippen molar-refractivity contribution in [3.05, 3.63) is 54.1 Å². The standard InChI is InChI=1S/C22H20N2O5/c1-14-11-17(7-8-18(14)24-19(25)9-10-20(24)26)29-22(28)15-12-21(27)23(13-15)16-5-3-2-4-6-16/h2-8,11,15H,9-10,12-13H2,1H3/t15-/m0/s1. The van der Waals surface area contributed by atoms with Crippen LogP contribution in [0.1, 0.15) is 24.8 Å². The molecule has 0 spiro atoms. The maximum Gasteiger partial charge on any atom is 0.316 e. The Morgan fingerprint density at radius 3 is 2.31 bits per heavy atom. The van der Waals surface area contributed by atoms with Gasteiger partial charge in [0.15, 0.2) is 0 Å². The minimum Gasteiger partial charge on any atom is -0.426 e. The molecule has 0 unspecified atom stereocenters. The smallest absolute Gasteiger partial charge is 0.316 e. The van der Waals surface area contributed by atoms with Gasteiger partial charge in [-0.1, -0.05) is 18.2 Å². The van der Waals surface area contributed by atoms with E-state index in [1.54, 1.807) is 30.0 Å². The summed E-state index contributed by atoms with van der Waals surface area (Å²) in [5.41, 5.74) is 1.92. The van der Waals surface area contributed by atoms with E-state index in [1.165, 1.54) is 4.90 Å².